The van der Waals surface area contributed by atoms with Gasteiger partial charge in [0.05, 0.1) is 10.7 Å². The molecule has 0 bridgehead atoms. The van der Waals surface area contributed by atoms with E-state index in [1.165, 1.54) is 12.1 Å². The second kappa shape index (κ2) is 7.27. The number of hydrogen-bond acceptors (Lipinski definition) is 4. The molecule has 1 aromatic carbocycles. The monoisotopic (exact) mass is 342 g/mol. The highest BCUT2D eigenvalue weighted by molar-refractivity contribution is 6.33. The number of hydrogen-bond donors (Lipinski definition) is 2. The number of aromatic nitrogens is 2. The predicted molar refractivity (Wildman–Crippen MR) is 95.8 cm³/mol. The largest absolute Gasteiger partial charge is 0.373 e. The molecule has 0 saturated heterocycles. The van der Waals surface area contributed by atoms with E-state index >= 15 is 0 Å². The third kappa shape index (κ3) is 3.81. The molecule has 2 N–H and O–H groups in total. The lowest BCUT2D eigenvalue weighted by molar-refractivity contribution is 0.626. The Labute approximate surface area is 144 Å². The van der Waals surface area contributed by atoms with Crippen LogP contribution in [0.15, 0.2) is 54.7 Å². The van der Waals surface area contributed by atoms with Crippen molar-refractivity contribution in [1.82, 2.24) is 9.97 Å². The van der Waals surface area contributed by atoms with Crippen LogP contribution in [0.2, 0.25) is 5.02 Å². The van der Waals surface area contributed by atoms with Crippen molar-refractivity contribution in [3.05, 3.63) is 71.1 Å². The molecule has 2 aromatic heterocycles. The van der Waals surface area contributed by atoms with E-state index in [1.54, 1.807) is 19.3 Å². The normalized spacial score (nSPS) is 10.5. The fraction of sp³-hybridized carbons (Fsp3) is 0.111. The number of rotatable bonds is 5. The minimum atomic E-state index is -0.251. The molecule has 122 valence electrons. The second-order valence-electron chi connectivity index (χ2n) is 5.19. The maximum Gasteiger partial charge on any atom is 0.126 e. The summed E-state index contributed by atoms with van der Waals surface area (Å²) in [5, 5.41) is 6.71. The Kier molecular flexibility index (Phi) is 4.91. The van der Waals surface area contributed by atoms with Gasteiger partial charge in [-0.1, -0.05) is 29.8 Å². The van der Waals surface area contributed by atoms with Crippen LogP contribution in [0.5, 0.6) is 0 Å². The van der Waals surface area contributed by atoms with Crippen molar-refractivity contribution in [2.45, 2.75) is 6.54 Å². The van der Waals surface area contributed by atoms with Gasteiger partial charge in [0.15, 0.2) is 0 Å². The van der Waals surface area contributed by atoms with Crippen molar-refractivity contribution in [3.8, 4) is 11.3 Å². The van der Waals surface area contributed by atoms with Crippen molar-refractivity contribution < 1.29 is 4.39 Å². The molecule has 0 aliphatic heterocycles. The van der Waals surface area contributed by atoms with Crippen LogP contribution in [-0.2, 0) is 6.54 Å². The van der Waals surface area contributed by atoms with Gasteiger partial charge in [-0.2, -0.15) is 0 Å². The van der Waals surface area contributed by atoms with Crippen LogP contribution in [0.1, 0.15) is 5.56 Å². The Hall–Kier alpha value is -2.66. The van der Waals surface area contributed by atoms with E-state index in [1.807, 2.05) is 30.3 Å². The third-order valence-corrected chi connectivity index (χ3v) is 3.80. The minimum Gasteiger partial charge on any atom is -0.373 e. The standard InChI is InChI=1S/C18H16ClFN4/c1-21-18-9-14(15(19)11-23-18)16-6-3-7-17(24-16)22-10-12-4-2-5-13(20)8-12/h2-9,11H,10H2,1H3,(H,21,23)(H,22,24). The Morgan fingerprint density at radius 3 is 2.71 bits per heavy atom. The van der Waals surface area contributed by atoms with Crippen molar-refractivity contribution in [3.63, 3.8) is 0 Å². The predicted octanol–water partition coefficient (Wildman–Crippen LogP) is 4.59. The average molecular weight is 343 g/mol. The highest BCUT2D eigenvalue weighted by Gasteiger charge is 2.08. The van der Waals surface area contributed by atoms with E-state index in [-0.39, 0.29) is 5.82 Å². The zero-order valence-corrected chi connectivity index (χ0v) is 13.8. The fourth-order valence-electron chi connectivity index (χ4n) is 2.29. The van der Waals surface area contributed by atoms with Crippen LogP contribution in [0, 0.1) is 5.82 Å². The molecule has 0 amide bonds. The van der Waals surface area contributed by atoms with Crippen molar-refractivity contribution in [2.75, 3.05) is 17.7 Å². The van der Waals surface area contributed by atoms with Crippen LogP contribution in [-0.4, -0.2) is 17.0 Å². The topological polar surface area (TPSA) is 49.8 Å². The van der Waals surface area contributed by atoms with Gasteiger partial charge in [0.25, 0.3) is 0 Å². The Morgan fingerprint density at radius 2 is 1.92 bits per heavy atom. The summed E-state index contributed by atoms with van der Waals surface area (Å²) in [6.07, 6.45) is 1.59. The lowest BCUT2D eigenvalue weighted by atomic mass is 10.1. The molecule has 3 rings (SSSR count). The molecule has 0 radical (unpaired) electrons. The highest BCUT2D eigenvalue weighted by atomic mass is 35.5. The van der Waals surface area contributed by atoms with Gasteiger partial charge < -0.3 is 10.6 Å². The van der Waals surface area contributed by atoms with E-state index in [9.17, 15) is 4.39 Å². The van der Waals surface area contributed by atoms with Gasteiger partial charge in [-0.05, 0) is 35.9 Å². The molecule has 24 heavy (non-hydrogen) atoms. The van der Waals surface area contributed by atoms with Crippen LogP contribution in [0.4, 0.5) is 16.0 Å². The lowest BCUT2D eigenvalue weighted by Crippen LogP contribution is -2.02. The molecule has 0 aliphatic carbocycles. The first-order valence-corrected chi connectivity index (χ1v) is 7.82. The molecule has 0 spiro atoms. The highest BCUT2D eigenvalue weighted by Crippen LogP contribution is 2.28. The molecule has 6 heteroatoms. The minimum absolute atomic E-state index is 0.251. The molecule has 2 heterocycles. The fourth-order valence-corrected chi connectivity index (χ4v) is 2.49. The van der Waals surface area contributed by atoms with Gasteiger partial charge >= 0.3 is 0 Å². The number of benzene rings is 1. The molecule has 4 nitrogen and oxygen atoms in total. The summed E-state index contributed by atoms with van der Waals surface area (Å²) in [6.45, 7) is 0.486. The summed E-state index contributed by atoms with van der Waals surface area (Å²) in [7, 11) is 1.80. The van der Waals surface area contributed by atoms with Gasteiger partial charge in [-0.25, -0.2) is 14.4 Å². The van der Waals surface area contributed by atoms with Crippen molar-refractivity contribution in [2.24, 2.45) is 0 Å². The zero-order chi connectivity index (χ0) is 16.9. The molecule has 0 fully saturated rings. The first kappa shape index (κ1) is 16.2. The first-order valence-electron chi connectivity index (χ1n) is 7.45. The number of pyridine rings is 2. The maximum absolute atomic E-state index is 13.2. The summed E-state index contributed by atoms with van der Waals surface area (Å²) in [5.74, 6) is 1.16. The third-order valence-electron chi connectivity index (χ3n) is 3.50. The van der Waals surface area contributed by atoms with E-state index in [0.717, 1.165) is 16.8 Å². The molecular formula is C18H16ClFN4. The Morgan fingerprint density at radius 1 is 1.08 bits per heavy atom. The molecular weight excluding hydrogens is 327 g/mol. The van der Waals surface area contributed by atoms with Crippen LogP contribution < -0.4 is 10.6 Å². The molecule has 3 aromatic rings. The van der Waals surface area contributed by atoms with Crippen LogP contribution >= 0.6 is 11.6 Å². The Balaban J connectivity index is 1.82. The van der Waals surface area contributed by atoms with Gasteiger partial charge in [0, 0.05) is 25.4 Å². The average Bonchev–Trinajstić information content (AvgIpc) is 2.61. The number of nitrogens with zero attached hydrogens (tertiary/aromatic N) is 2. The summed E-state index contributed by atoms with van der Waals surface area (Å²) >= 11 is 6.24. The van der Waals surface area contributed by atoms with Crippen LogP contribution in [0.3, 0.4) is 0 Å². The number of halogens is 2. The summed E-state index contributed by atoms with van der Waals surface area (Å²) in [4.78, 5) is 8.74. The van der Waals surface area contributed by atoms with Gasteiger partial charge in [-0.3, -0.25) is 0 Å². The smallest absolute Gasteiger partial charge is 0.126 e. The van der Waals surface area contributed by atoms with E-state index in [0.29, 0.717) is 23.2 Å². The SMILES string of the molecule is CNc1cc(-c2cccc(NCc3cccc(F)c3)n2)c(Cl)cn1. The summed E-state index contributed by atoms with van der Waals surface area (Å²) < 4.78 is 13.2. The second-order valence-corrected chi connectivity index (χ2v) is 5.60. The van der Waals surface area contributed by atoms with Gasteiger partial charge in [0.1, 0.15) is 17.5 Å². The van der Waals surface area contributed by atoms with E-state index in [4.69, 9.17) is 11.6 Å². The molecule has 0 atom stereocenters. The molecule has 0 aliphatic rings. The van der Waals surface area contributed by atoms with Gasteiger partial charge in [-0.15, -0.1) is 0 Å². The van der Waals surface area contributed by atoms with Crippen LogP contribution in [0.25, 0.3) is 11.3 Å². The van der Waals surface area contributed by atoms with Crippen molar-refractivity contribution in [1.29, 1.82) is 0 Å². The number of nitrogens with one attached hydrogen (secondary N) is 2. The maximum atomic E-state index is 13.2. The van der Waals surface area contributed by atoms with Gasteiger partial charge in [0.2, 0.25) is 0 Å². The molecule has 0 unspecified atom stereocenters. The van der Waals surface area contributed by atoms with E-state index < -0.39 is 0 Å². The quantitative estimate of drug-likeness (QED) is 0.712. The van der Waals surface area contributed by atoms with Crippen molar-refractivity contribution >= 4 is 23.2 Å². The zero-order valence-electron chi connectivity index (χ0n) is 13.1. The lowest BCUT2D eigenvalue weighted by Gasteiger charge is -2.10. The molecule has 0 saturated carbocycles. The summed E-state index contributed by atoms with van der Waals surface area (Å²) in [6, 6.07) is 14.0. The Bertz CT molecular complexity index is 854. The first-order chi connectivity index (χ1) is 11.7. The van der Waals surface area contributed by atoms with E-state index in [2.05, 4.69) is 20.6 Å². The summed E-state index contributed by atoms with van der Waals surface area (Å²) in [5.41, 5.74) is 2.38. The number of anilines is 2.